The molecule has 1 aromatic heterocycles. The van der Waals surface area contributed by atoms with Crippen LogP contribution >= 0.6 is 0 Å². The average Bonchev–Trinajstić information content (AvgIpc) is 3.40. The van der Waals surface area contributed by atoms with E-state index in [1.54, 1.807) is 17.0 Å². The Bertz CT molecular complexity index is 1010. The molecule has 7 nitrogen and oxygen atoms in total. The van der Waals surface area contributed by atoms with E-state index in [4.69, 9.17) is 9.93 Å². The van der Waals surface area contributed by atoms with Gasteiger partial charge in [0, 0.05) is 17.7 Å². The number of nitrogens with one attached hydrogen (secondary N) is 1. The molecule has 29 heavy (non-hydrogen) atoms. The highest BCUT2D eigenvalue weighted by molar-refractivity contribution is 6.00. The van der Waals surface area contributed by atoms with Crippen molar-refractivity contribution < 1.29 is 14.4 Å². The van der Waals surface area contributed by atoms with Crippen molar-refractivity contribution >= 4 is 11.6 Å². The molecule has 0 spiro atoms. The number of aliphatic hydroxyl groups excluding tert-OH is 1. The highest BCUT2D eigenvalue weighted by Gasteiger charge is 2.37. The van der Waals surface area contributed by atoms with E-state index in [1.165, 1.54) is 0 Å². The summed E-state index contributed by atoms with van der Waals surface area (Å²) in [6, 6.07) is 16.9. The molecule has 0 radical (unpaired) electrons. The van der Waals surface area contributed by atoms with Crippen molar-refractivity contribution in [2.24, 2.45) is 0 Å². The number of amides is 1. The molecule has 148 valence electrons. The molecule has 7 heteroatoms. The van der Waals surface area contributed by atoms with Gasteiger partial charge in [0.2, 0.25) is 5.89 Å². The van der Waals surface area contributed by atoms with Gasteiger partial charge in [-0.2, -0.15) is 4.98 Å². The van der Waals surface area contributed by atoms with E-state index < -0.39 is 12.1 Å². The molecule has 1 saturated heterocycles. The van der Waals surface area contributed by atoms with Crippen LogP contribution in [0.1, 0.15) is 54.0 Å². The third-order valence-corrected chi connectivity index (χ3v) is 5.10. The second kappa shape index (κ2) is 7.97. The monoisotopic (exact) mass is 390 g/mol. The molecule has 1 amide bonds. The first kappa shape index (κ1) is 19.0. The van der Waals surface area contributed by atoms with Crippen LogP contribution in [0.5, 0.6) is 0 Å². The first-order valence-electron chi connectivity index (χ1n) is 9.61. The summed E-state index contributed by atoms with van der Waals surface area (Å²) in [6.45, 7) is 2.04. The van der Waals surface area contributed by atoms with Gasteiger partial charge >= 0.3 is 0 Å². The minimum absolute atomic E-state index is 0.187. The van der Waals surface area contributed by atoms with Crippen molar-refractivity contribution in [1.82, 2.24) is 15.0 Å². The molecule has 0 saturated carbocycles. The quantitative estimate of drug-likeness (QED) is 0.690. The number of hydrogen-bond acceptors (Lipinski definition) is 6. The van der Waals surface area contributed by atoms with Gasteiger partial charge in [0.1, 0.15) is 12.1 Å². The van der Waals surface area contributed by atoms with Crippen LogP contribution in [0.2, 0.25) is 0 Å². The van der Waals surface area contributed by atoms with Gasteiger partial charge < -0.3 is 19.9 Å². The van der Waals surface area contributed by atoms with Crippen LogP contribution < -0.4 is 0 Å². The lowest BCUT2D eigenvalue weighted by Gasteiger charge is -2.21. The molecule has 1 aliphatic heterocycles. The maximum absolute atomic E-state index is 13.1. The summed E-state index contributed by atoms with van der Waals surface area (Å²) in [7, 11) is 0. The predicted octanol–water partition coefficient (Wildman–Crippen LogP) is 3.79. The number of aliphatic hydroxyl groups is 1. The summed E-state index contributed by atoms with van der Waals surface area (Å²) < 4.78 is 5.30. The lowest BCUT2D eigenvalue weighted by Crippen LogP contribution is -2.31. The van der Waals surface area contributed by atoms with Crippen molar-refractivity contribution in [3.63, 3.8) is 0 Å². The van der Waals surface area contributed by atoms with Gasteiger partial charge in [-0.25, -0.2) is 0 Å². The smallest absolute Gasteiger partial charge is 0.254 e. The van der Waals surface area contributed by atoms with Crippen molar-refractivity contribution in [1.29, 1.82) is 5.41 Å². The summed E-state index contributed by atoms with van der Waals surface area (Å²) in [4.78, 5) is 18.9. The molecule has 2 heterocycles. The molecule has 1 aliphatic rings. The van der Waals surface area contributed by atoms with E-state index >= 15 is 0 Å². The SMILES string of the molecule is CCC(O)c1noc([C@@H]2CC(=N)CN2C(=O)c2ccc(-c3ccccc3)cc2)n1. The van der Waals surface area contributed by atoms with E-state index in [9.17, 15) is 9.90 Å². The van der Waals surface area contributed by atoms with Crippen molar-refractivity contribution in [2.45, 2.75) is 31.9 Å². The van der Waals surface area contributed by atoms with Gasteiger partial charge in [-0.15, -0.1) is 0 Å². The maximum atomic E-state index is 13.1. The van der Waals surface area contributed by atoms with Gasteiger partial charge in [0.05, 0.1) is 6.54 Å². The molecule has 3 aromatic rings. The summed E-state index contributed by atoms with van der Waals surface area (Å²) in [6.07, 6.45) is 0.0103. The minimum Gasteiger partial charge on any atom is -0.385 e. The van der Waals surface area contributed by atoms with Gasteiger partial charge in [-0.05, 0) is 29.7 Å². The Morgan fingerprint density at radius 1 is 1.21 bits per heavy atom. The van der Waals surface area contributed by atoms with Crippen LogP contribution in [0.25, 0.3) is 11.1 Å². The second-order valence-electron chi connectivity index (χ2n) is 7.11. The van der Waals surface area contributed by atoms with E-state index in [0.717, 1.165) is 11.1 Å². The van der Waals surface area contributed by atoms with E-state index in [1.807, 2.05) is 49.4 Å². The van der Waals surface area contributed by atoms with Crippen LogP contribution in [-0.2, 0) is 0 Å². The molecular weight excluding hydrogens is 368 g/mol. The lowest BCUT2D eigenvalue weighted by atomic mass is 10.0. The Balaban J connectivity index is 1.56. The highest BCUT2D eigenvalue weighted by Crippen LogP contribution is 2.32. The van der Waals surface area contributed by atoms with Crippen LogP contribution in [-0.4, -0.2) is 38.3 Å². The fraction of sp³-hybridized carbons (Fsp3) is 0.273. The molecule has 2 N–H and O–H groups in total. The van der Waals surface area contributed by atoms with E-state index in [2.05, 4.69) is 10.1 Å². The molecule has 2 atom stereocenters. The van der Waals surface area contributed by atoms with Gasteiger partial charge in [0.25, 0.3) is 5.91 Å². The Hall–Kier alpha value is -3.32. The molecule has 4 rings (SSSR count). The Morgan fingerprint density at radius 2 is 1.90 bits per heavy atom. The first-order chi connectivity index (χ1) is 14.1. The van der Waals surface area contributed by atoms with Crippen LogP contribution in [0.15, 0.2) is 59.1 Å². The molecular formula is C22H22N4O3. The molecule has 0 aliphatic carbocycles. The van der Waals surface area contributed by atoms with E-state index in [0.29, 0.717) is 24.1 Å². The average molecular weight is 390 g/mol. The third kappa shape index (κ3) is 3.82. The third-order valence-electron chi connectivity index (χ3n) is 5.10. The van der Waals surface area contributed by atoms with Gasteiger partial charge in [-0.3, -0.25) is 4.79 Å². The fourth-order valence-corrected chi connectivity index (χ4v) is 3.46. The predicted molar refractivity (Wildman–Crippen MR) is 108 cm³/mol. The second-order valence-corrected chi connectivity index (χ2v) is 7.11. The Kier molecular flexibility index (Phi) is 5.22. The Labute approximate surface area is 168 Å². The molecule has 2 aromatic carbocycles. The van der Waals surface area contributed by atoms with Gasteiger partial charge in [-0.1, -0.05) is 54.5 Å². The van der Waals surface area contributed by atoms with Crippen LogP contribution in [0, 0.1) is 5.41 Å². The lowest BCUT2D eigenvalue weighted by molar-refractivity contribution is 0.0713. The Morgan fingerprint density at radius 3 is 2.59 bits per heavy atom. The summed E-state index contributed by atoms with van der Waals surface area (Å²) in [5.41, 5.74) is 3.08. The number of likely N-dealkylation sites (tertiary alicyclic amines) is 1. The molecule has 1 unspecified atom stereocenters. The first-order valence-corrected chi connectivity index (χ1v) is 9.61. The number of rotatable bonds is 5. The number of aromatic nitrogens is 2. The fourth-order valence-electron chi connectivity index (χ4n) is 3.46. The number of benzene rings is 2. The zero-order chi connectivity index (χ0) is 20.4. The standard InChI is InChI=1S/C22H22N4O3/c1-2-19(27)20-24-21(29-25-20)18-12-17(23)13-26(18)22(28)16-10-8-15(9-11-16)14-6-4-3-5-7-14/h3-11,18-19,23,27H,2,12-13H2,1H3/t18-,19?/m0/s1. The zero-order valence-corrected chi connectivity index (χ0v) is 16.1. The number of hydrogen-bond donors (Lipinski definition) is 2. The topological polar surface area (TPSA) is 103 Å². The normalized spacial score (nSPS) is 17.5. The van der Waals surface area contributed by atoms with E-state index in [-0.39, 0.29) is 24.2 Å². The van der Waals surface area contributed by atoms with Crippen LogP contribution in [0.4, 0.5) is 0 Å². The number of nitrogens with zero attached hydrogens (tertiary/aromatic N) is 3. The van der Waals surface area contributed by atoms with Crippen molar-refractivity contribution in [2.75, 3.05) is 6.54 Å². The molecule has 0 bridgehead atoms. The molecule has 1 fully saturated rings. The van der Waals surface area contributed by atoms with Crippen molar-refractivity contribution in [3.8, 4) is 11.1 Å². The maximum Gasteiger partial charge on any atom is 0.254 e. The zero-order valence-electron chi connectivity index (χ0n) is 16.1. The summed E-state index contributed by atoms with van der Waals surface area (Å²) in [5.74, 6) is 0.275. The number of carbonyl (C=O) groups excluding carboxylic acids is 1. The number of carbonyl (C=O) groups is 1. The largest absolute Gasteiger partial charge is 0.385 e. The van der Waals surface area contributed by atoms with Gasteiger partial charge in [0.15, 0.2) is 5.82 Å². The van der Waals surface area contributed by atoms with Crippen LogP contribution in [0.3, 0.4) is 0 Å². The summed E-state index contributed by atoms with van der Waals surface area (Å²) in [5, 5.41) is 21.8. The highest BCUT2D eigenvalue weighted by atomic mass is 16.5. The minimum atomic E-state index is -0.803. The summed E-state index contributed by atoms with van der Waals surface area (Å²) >= 11 is 0. The van der Waals surface area contributed by atoms with Crippen molar-refractivity contribution in [3.05, 3.63) is 71.9 Å².